The van der Waals surface area contributed by atoms with Gasteiger partial charge < -0.3 is 30.1 Å². The molecule has 3 aliphatic rings. The number of morpholine rings is 1. The lowest BCUT2D eigenvalue weighted by molar-refractivity contribution is 0.0961. The molecule has 1 amide bonds. The lowest BCUT2D eigenvalue weighted by atomic mass is 9.84. The number of ether oxygens (including phenoxy) is 1. The van der Waals surface area contributed by atoms with Crippen LogP contribution in [0.3, 0.4) is 0 Å². The van der Waals surface area contributed by atoms with E-state index < -0.39 is 0 Å². The van der Waals surface area contributed by atoms with Crippen molar-refractivity contribution in [3.8, 4) is 0 Å². The summed E-state index contributed by atoms with van der Waals surface area (Å²) >= 11 is 0. The fourth-order valence-corrected chi connectivity index (χ4v) is 6.10. The maximum atomic E-state index is 13.5. The van der Waals surface area contributed by atoms with Gasteiger partial charge in [0, 0.05) is 80.9 Å². The summed E-state index contributed by atoms with van der Waals surface area (Å²) in [5, 5.41) is 6.30. The Morgan fingerprint density at radius 1 is 0.857 bits per heavy atom. The molecule has 0 aromatic heterocycles. The summed E-state index contributed by atoms with van der Waals surface area (Å²) in [5.74, 6) is -0.0140. The van der Waals surface area contributed by atoms with Gasteiger partial charge in [-0.2, -0.15) is 0 Å². The lowest BCUT2D eigenvalue weighted by Crippen LogP contribution is -2.46. The number of carbonyl (C=O) groups excluding carboxylic acids is 2. The normalized spacial score (nSPS) is 17.5. The number of carbonyl (C=O) groups is 2. The molecule has 0 atom stereocenters. The van der Waals surface area contributed by atoms with Crippen molar-refractivity contribution in [3.63, 3.8) is 0 Å². The fourth-order valence-electron chi connectivity index (χ4n) is 6.10. The number of rotatable bonds is 7. The van der Waals surface area contributed by atoms with Gasteiger partial charge in [-0.05, 0) is 71.8 Å². The number of hydrogen-bond donors (Lipinski definition) is 2. The third kappa shape index (κ3) is 5.78. The first-order chi connectivity index (χ1) is 20.5. The summed E-state index contributed by atoms with van der Waals surface area (Å²) < 4.78 is 5.51. The van der Waals surface area contributed by atoms with E-state index in [9.17, 15) is 9.59 Å². The minimum absolute atomic E-state index is 0.102. The van der Waals surface area contributed by atoms with E-state index in [0.717, 1.165) is 98.4 Å². The van der Waals surface area contributed by atoms with Gasteiger partial charge in [0.15, 0.2) is 5.78 Å². The van der Waals surface area contributed by atoms with Gasteiger partial charge in [-0.25, -0.2) is 0 Å². The number of fused-ring (bicyclic) bond motifs is 1. The predicted molar refractivity (Wildman–Crippen MR) is 169 cm³/mol. The van der Waals surface area contributed by atoms with E-state index >= 15 is 0 Å². The Bertz CT molecular complexity index is 1470. The summed E-state index contributed by atoms with van der Waals surface area (Å²) in [4.78, 5) is 32.9. The number of likely N-dealkylation sites (N-methyl/N-ethyl adjacent to an activating group) is 1. The van der Waals surface area contributed by atoms with Crippen LogP contribution in [0.2, 0.25) is 0 Å². The average Bonchev–Trinajstić information content (AvgIpc) is 3.05. The summed E-state index contributed by atoms with van der Waals surface area (Å²) in [6, 6.07) is 20.4. The molecule has 0 unspecified atom stereocenters. The first kappa shape index (κ1) is 28.0. The van der Waals surface area contributed by atoms with Crippen LogP contribution >= 0.6 is 0 Å². The second kappa shape index (κ2) is 12.4. The van der Waals surface area contributed by atoms with Crippen LogP contribution in [-0.4, -0.2) is 82.7 Å². The molecule has 0 saturated carbocycles. The van der Waals surface area contributed by atoms with Crippen molar-refractivity contribution in [1.82, 2.24) is 10.2 Å². The highest BCUT2D eigenvalue weighted by Gasteiger charge is 2.27. The summed E-state index contributed by atoms with van der Waals surface area (Å²) in [7, 11) is 1.63. The second-order valence-corrected chi connectivity index (χ2v) is 11.0. The molecule has 0 radical (unpaired) electrons. The lowest BCUT2D eigenvalue weighted by Gasteiger charge is -2.36. The highest BCUT2D eigenvalue weighted by molar-refractivity contribution is 6.12. The number of nitrogens with zero attached hydrogens (tertiary/aromatic N) is 3. The molecule has 8 nitrogen and oxygen atoms in total. The Labute approximate surface area is 247 Å². The van der Waals surface area contributed by atoms with Crippen molar-refractivity contribution >= 4 is 40.0 Å². The number of allylic oxidation sites excluding steroid dienone is 1. The van der Waals surface area contributed by atoms with Gasteiger partial charge in [0.05, 0.1) is 18.9 Å². The zero-order valence-electron chi connectivity index (χ0n) is 24.5. The third-order valence-corrected chi connectivity index (χ3v) is 8.58. The molecule has 42 heavy (non-hydrogen) atoms. The molecular formula is C34H39N5O3. The highest BCUT2D eigenvalue weighted by atomic mass is 16.5. The molecular weight excluding hydrogens is 526 g/mol. The number of piperazine rings is 1. The fraction of sp³-hybridized carbons (Fsp3) is 0.353. The molecule has 0 spiro atoms. The number of hydrogen-bond acceptors (Lipinski definition) is 7. The molecule has 1 aliphatic carbocycles. The molecule has 3 aromatic rings. The van der Waals surface area contributed by atoms with Crippen LogP contribution in [0.1, 0.15) is 45.2 Å². The van der Waals surface area contributed by atoms with Gasteiger partial charge in [0.1, 0.15) is 0 Å². The van der Waals surface area contributed by atoms with E-state index in [2.05, 4.69) is 68.7 Å². The van der Waals surface area contributed by atoms with E-state index in [0.29, 0.717) is 12.0 Å². The second-order valence-electron chi connectivity index (χ2n) is 11.0. The van der Waals surface area contributed by atoms with E-state index in [-0.39, 0.29) is 11.7 Å². The number of anilines is 4. The Morgan fingerprint density at radius 3 is 2.21 bits per heavy atom. The van der Waals surface area contributed by atoms with Crippen molar-refractivity contribution in [2.45, 2.75) is 13.3 Å². The minimum Gasteiger partial charge on any atom is -0.378 e. The van der Waals surface area contributed by atoms with Gasteiger partial charge in [-0.1, -0.05) is 25.1 Å². The maximum absolute atomic E-state index is 13.5. The molecule has 2 aliphatic heterocycles. The first-order valence-electron chi connectivity index (χ1n) is 15.0. The largest absolute Gasteiger partial charge is 0.378 e. The SMILES string of the molecule is CCN1CCN(c2cc(Nc3ccc(N4CCOCC4)cc3)c3c(c2)C(c2ccc(C(=O)NC)cc2)=CCC3=O)CC1. The third-order valence-electron chi connectivity index (χ3n) is 8.58. The molecule has 2 fully saturated rings. The Morgan fingerprint density at radius 2 is 1.55 bits per heavy atom. The molecule has 2 saturated heterocycles. The summed E-state index contributed by atoms with van der Waals surface area (Å²) in [5.41, 5.74) is 8.34. The molecule has 8 heteroatoms. The van der Waals surface area contributed by atoms with Crippen LogP contribution in [0.5, 0.6) is 0 Å². The molecule has 2 heterocycles. The van der Waals surface area contributed by atoms with Crippen molar-refractivity contribution in [1.29, 1.82) is 0 Å². The highest BCUT2D eigenvalue weighted by Crippen LogP contribution is 2.40. The van der Waals surface area contributed by atoms with Crippen LogP contribution in [0.15, 0.2) is 66.7 Å². The van der Waals surface area contributed by atoms with Crippen LogP contribution in [0, 0.1) is 0 Å². The Balaban J connectivity index is 1.37. The predicted octanol–water partition coefficient (Wildman–Crippen LogP) is 4.79. The summed E-state index contributed by atoms with van der Waals surface area (Å²) in [6.07, 6.45) is 2.36. The topological polar surface area (TPSA) is 77.2 Å². The van der Waals surface area contributed by atoms with Crippen molar-refractivity contribution < 1.29 is 14.3 Å². The number of Topliss-reactive ketones (excluding diaryl/α,β-unsaturated/α-hetero) is 1. The number of nitrogens with one attached hydrogen (secondary N) is 2. The zero-order chi connectivity index (χ0) is 29.1. The van der Waals surface area contributed by atoms with Crippen LogP contribution < -0.4 is 20.4 Å². The van der Waals surface area contributed by atoms with E-state index in [1.54, 1.807) is 7.05 Å². The molecule has 3 aromatic carbocycles. The first-order valence-corrected chi connectivity index (χ1v) is 15.0. The van der Waals surface area contributed by atoms with Crippen LogP contribution in [0.4, 0.5) is 22.7 Å². The number of amides is 1. The van der Waals surface area contributed by atoms with Crippen molar-refractivity contribution in [2.24, 2.45) is 0 Å². The Hall–Kier alpha value is -4.14. The smallest absolute Gasteiger partial charge is 0.251 e. The van der Waals surface area contributed by atoms with E-state index in [1.807, 2.05) is 30.3 Å². The number of benzene rings is 3. The Kier molecular flexibility index (Phi) is 8.26. The molecule has 2 N–H and O–H groups in total. The molecule has 6 rings (SSSR count). The molecule has 218 valence electrons. The quantitative estimate of drug-likeness (QED) is 0.427. The van der Waals surface area contributed by atoms with Crippen molar-refractivity contribution in [2.75, 3.05) is 81.2 Å². The van der Waals surface area contributed by atoms with Crippen LogP contribution in [-0.2, 0) is 4.74 Å². The maximum Gasteiger partial charge on any atom is 0.251 e. The van der Waals surface area contributed by atoms with Crippen molar-refractivity contribution in [3.05, 3.63) is 89.0 Å². The minimum atomic E-state index is -0.116. The van der Waals surface area contributed by atoms with Gasteiger partial charge >= 0.3 is 0 Å². The van der Waals surface area contributed by atoms with E-state index in [4.69, 9.17) is 4.74 Å². The standard InChI is InChI=1S/C34H39N5O3/c1-3-37-14-16-38(17-15-37)28-22-30-29(24-4-6-25(7-5-24)34(41)35-2)12-13-32(40)33(30)31(23-28)36-26-8-10-27(11-9-26)39-18-20-42-21-19-39/h4-12,22-23,36H,3,13-21H2,1-2H3,(H,35,41). The van der Waals surface area contributed by atoms with Crippen LogP contribution in [0.25, 0.3) is 5.57 Å². The van der Waals surface area contributed by atoms with Gasteiger partial charge in [0.25, 0.3) is 5.91 Å². The monoisotopic (exact) mass is 565 g/mol. The van der Waals surface area contributed by atoms with Gasteiger partial charge in [-0.15, -0.1) is 0 Å². The van der Waals surface area contributed by atoms with E-state index in [1.165, 1.54) is 5.69 Å². The zero-order valence-corrected chi connectivity index (χ0v) is 24.5. The summed E-state index contributed by atoms with van der Waals surface area (Å²) in [6.45, 7) is 10.4. The molecule has 0 bridgehead atoms. The van der Waals surface area contributed by atoms with Gasteiger partial charge in [0.2, 0.25) is 0 Å². The van der Waals surface area contributed by atoms with Gasteiger partial charge in [-0.3, -0.25) is 9.59 Å². The average molecular weight is 566 g/mol. The number of ketones is 1.